The average Bonchev–Trinajstić information content (AvgIpc) is 2.27. The molecule has 1 amide bonds. The zero-order valence-corrected chi connectivity index (χ0v) is 11.6. The Morgan fingerprint density at radius 1 is 1.33 bits per heavy atom. The number of ether oxygens (including phenoxy) is 2. The second-order valence-corrected chi connectivity index (χ2v) is 5.70. The van der Waals surface area contributed by atoms with E-state index < -0.39 is 29.4 Å². The van der Waals surface area contributed by atoms with Crippen LogP contribution in [0, 0.1) is 5.41 Å². The van der Waals surface area contributed by atoms with E-state index >= 15 is 0 Å². The number of hydrogen-bond acceptors (Lipinski definition) is 4. The quantitative estimate of drug-likeness (QED) is 0.729. The Bertz CT molecular complexity index is 308. The summed E-state index contributed by atoms with van der Waals surface area (Å²) < 4.78 is 10.6. The summed E-state index contributed by atoms with van der Waals surface area (Å²) in [6.45, 7) is 5.94. The molecule has 1 aliphatic rings. The molecule has 0 aliphatic carbocycles. The third kappa shape index (κ3) is 2.46. The van der Waals surface area contributed by atoms with Gasteiger partial charge in [-0.2, -0.15) is 0 Å². The lowest BCUT2D eigenvalue weighted by Crippen LogP contribution is -2.67. The van der Waals surface area contributed by atoms with E-state index in [1.807, 2.05) is 20.8 Å². The number of hydrogen-bond donors (Lipinski definition) is 2. The molecule has 0 bridgehead atoms. The molecule has 6 heteroatoms. The highest BCUT2D eigenvalue weighted by atomic mass is 16.7. The number of aliphatic hydroxyl groups is 1. The van der Waals surface area contributed by atoms with Crippen LogP contribution >= 0.6 is 0 Å². The number of likely N-dealkylation sites (tertiary alicyclic amines) is 1. The second-order valence-electron chi connectivity index (χ2n) is 5.70. The van der Waals surface area contributed by atoms with E-state index in [9.17, 15) is 15.0 Å². The average molecular weight is 261 g/mol. The monoisotopic (exact) mass is 261 g/mol. The van der Waals surface area contributed by atoms with E-state index in [-0.39, 0.29) is 6.54 Å². The lowest BCUT2D eigenvalue weighted by atomic mass is 9.76. The highest BCUT2D eigenvalue weighted by Crippen LogP contribution is 2.38. The van der Waals surface area contributed by atoms with Crippen molar-refractivity contribution in [3.63, 3.8) is 0 Å². The van der Waals surface area contributed by atoms with E-state index in [0.717, 1.165) is 0 Å². The molecule has 1 rings (SSSR count). The summed E-state index contributed by atoms with van der Waals surface area (Å²) in [5.74, 6) is -1.14. The number of rotatable bonds is 2. The zero-order valence-electron chi connectivity index (χ0n) is 11.6. The summed E-state index contributed by atoms with van der Waals surface area (Å²) >= 11 is 0. The van der Waals surface area contributed by atoms with Crippen LogP contribution in [-0.2, 0) is 9.47 Å². The molecule has 18 heavy (non-hydrogen) atoms. The van der Waals surface area contributed by atoms with Crippen molar-refractivity contribution in [3.8, 4) is 0 Å². The Labute approximate surface area is 107 Å². The van der Waals surface area contributed by atoms with E-state index in [1.165, 1.54) is 19.1 Å². The van der Waals surface area contributed by atoms with Gasteiger partial charge in [-0.25, -0.2) is 4.79 Å². The number of amides is 1. The maximum Gasteiger partial charge on any atom is 0.407 e. The zero-order chi connectivity index (χ0) is 14.1. The predicted octanol–water partition coefficient (Wildman–Crippen LogP) is 1.13. The Kier molecular flexibility index (Phi) is 4.25. The van der Waals surface area contributed by atoms with Gasteiger partial charge < -0.3 is 24.6 Å². The molecule has 2 unspecified atom stereocenters. The van der Waals surface area contributed by atoms with Crippen LogP contribution in [0.25, 0.3) is 0 Å². The van der Waals surface area contributed by atoms with Crippen molar-refractivity contribution in [2.75, 3.05) is 20.8 Å². The summed E-state index contributed by atoms with van der Waals surface area (Å²) in [5, 5.41) is 19.7. The Balaban J connectivity index is 3.13. The van der Waals surface area contributed by atoms with Gasteiger partial charge in [0.1, 0.15) is 6.10 Å². The van der Waals surface area contributed by atoms with Crippen LogP contribution in [0.15, 0.2) is 0 Å². The molecular weight excluding hydrogens is 238 g/mol. The van der Waals surface area contributed by atoms with Crippen LogP contribution < -0.4 is 0 Å². The van der Waals surface area contributed by atoms with Gasteiger partial charge in [-0.15, -0.1) is 0 Å². The first kappa shape index (κ1) is 15.2. The van der Waals surface area contributed by atoms with Crippen molar-refractivity contribution in [3.05, 3.63) is 0 Å². The van der Waals surface area contributed by atoms with E-state index in [0.29, 0.717) is 6.42 Å². The molecule has 2 atom stereocenters. The van der Waals surface area contributed by atoms with Crippen LogP contribution in [0.2, 0.25) is 0 Å². The molecule has 6 nitrogen and oxygen atoms in total. The van der Waals surface area contributed by atoms with Crippen LogP contribution in [0.4, 0.5) is 4.79 Å². The van der Waals surface area contributed by atoms with E-state index in [4.69, 9.17) is 9.47 Å². The van der Waals surface area contributed by atoms with Gasteiger partial charge in [-0.3, -0.25) is 0 Å². The molecule has 0 spiro atoms. The lowest BCUT2D eigenvalue weighted by molar-refractivity contribution is -0.295. The van der Waals surface area contributed by atoms with Gasteiger partial charge in [0.2, 0.25) is 0 Å². The molecule has 0 aromatic rings. The third-order valence-electron chi connectivity index (χ3n) is 3.61. The molecule has 1 heterocycles. The molecule has 1 saturated heterocycles. The SMILES string of the molecule is COC1(OC)CCN(C(=O)O)C(C(C)(C)C)C1O. The fourth-order valence-electron chi connectivity index (χ4n) is 2.66. The van der Waals surface area contributed by atoms with Crippen molar-refractivity contribution in [2.24, 2.45) is 5.41 Å². The molecule has 0 aromatic heterocycles. The first-order valence-corrected chi connectivity index (χ1v) is 5.97. The molecule has 2 N–H and O–H groups in total. The van der Waals surface area contributed by atoms with Gasteiger partial charge in [0.05, 0.1) is 6.04 Å². The first-order chi connectivity index (χ1) is 8.19. The minimum atomic E-state index is -1.14. The number of methoxy groups -OCH3 is 2. The number of carboxylic acid groups (broad SMARTS) is 1. The summed E-state index contributed by atoms with van der Waals surface area (Å²) in [6, 6.07) is -0.580. The van der Waals surface area contributed by atoms with Crippen molar-refractivity contribution >= 4 is 6.09 Å². The van der Waals surface area contributed by atoms with Crippen molar-refractivity contribution in [1.29, 1.82) is 0 Å². The molecule has 1 fully saturated rings. The number of piperidine rings is 1. The highest BCUT2D eigenvalue weighted by molar-refractivity contribution is 5.66. The van der Waals surface area contributed by atoms with Crippen molar-refractivity contribution in [1.82, 2.24) is 4.90 Å². The number of aliphatic hydroxyl groups excluding tert-OH is 1. The molecule has 106 valence electrons. The standard InChI is InChI=1S/C12H23NO5/c1-11(2,3)8-9(14)12(17-4,18-5)6-7-13(8)10(15)16/h8-9,14H,6-7H2,1-5H3,(H,15,16). The maximum absolute atomic E-state index is 11.3. The summed E-state index contributed by atoms with van der Waals surface area (Å²) in [5.41, 5.74) is -0.416. The van der Waals surface area contributed by atoms with Crippen molar-refractivity contribution < 1.29 is 24.5 Å². The number of carbonyl (C=O) groups is 1. The first-order valence-electron chi connectivity index (χ1n) is 5.97. The number of nitrogens with zero attached hydrogens (tertiary/aromatic N) is 1. The van der Waals surface area contributed by atoms with Gasteiger partial charge in [-0.05, 0) is 5.41 Å². The fraction of sp³-hybridized carbons (Fsp3) is 0.917. The Morgan fingerprint density at radius 2 is 1.83 bits per heavy atom. The van der Waals surface area contributed by atoms with Gasteiger partial charge in [-0.1, -0.05) is 20.8 Å². The predicted molar refractivity (Wildman–Crippen MR) is 65.3 cm³/mol. The lowest BCUT2D eigenvalue weighted by Gasteiger charge is -2.51. The van der Waals surface area contributed by atoms with Crippen LogP contribution in [0.5, 0.6) is 0 Å². The largest absolute Gasteiger partial charge is 0.465 e. The highest BCUT2D eigenvalue weighted by Gasteiger charge is 2.54. The van der Waals surface area contributed by atoms with Crippen molar-refractivity contribution in [2.45, 2.75) is 45.1 Å². The van der Waals surface area contributed by atoms with Gasteiger partial charge in [0.25, 0.3) is 0 Å². The molecular formula is C12H23NO5. The summed E-state index contributed by atoms with van der Waals surface area (Å²) in [6.07, 6.45) is -1.76. The van der Waals surface area contributed by atoms with Crippen LogP contribution in [-0.4, -0.2) is 59.9 Å². The minimum Gasteiger partial charge on any atom is -0.465 e. The third-order valence-corrected chi connectivity index (χ3v) is 3.61. The molecule has 1 aliphatic heterocycles. The van der Waals surface area contributed by atoms with Gasteiger partial charge >= 0.3 is 6.09 Å². The summed E-state index contributed by atoms with van der Waals surface area (Å²) in [4.78, 5) is 12.5. The molecule has 0 radical (unpaired) electrons. The van der Waals surface area contributed by atoms with Gasteiger partial charge in [0.15, 0.2) is 5.79 Å². The fourth-order valence-corrected chi connectivity index (χ4v) is 2.66. The van der Waals surface area contributed by atoms with E-state index in [1.54, 1.807) is 0 Å². The smallest absolute Gasteiger partial charge is 0.407 e. The normalized spacial score (nSPS) is 28.2. The second kappa shape index (κ2) is 5.03. The maximum atomic E-state index is 11.3. The van der Waals surface area contributed by atoms with Crippen LogP contribution in [0.3, 0.4) is 0 Å². The molecule has 0 aromatic carbocycles. The van der Waals surface area contributed by atoms with Crippen LogP contribution in [0.1, 0.15) is 27.2 Å². The van der Waals surface area contributed by atoms with Gasteiger partial charge in [0, 0.05) is 27.2 Å². The minimum absolute atomic E-state index is 0.274. The Hall–Kier alpha value is -0.850. The topological polar surface area (TPSA) is 79.2 Å². The Morgan fingerprint density at radius 3 is 2.17 bits per heavy atom. The van der Waals surface area contributed by atoms with E-state index in [2.05, 4.69) is 0 Å². The summed E-state index contributed by atoms with van der Waals surface area (Å²) in [7, 11) is 2.92. The molecule has 0 saturated carbocycles.